The van der Waals surface area contributed by atoms with E-state index in [1.54, 1.807) is 19.1 Å². The number of pyridine rings is 2. The molecular weight excluding hydrogens is 332 g/mol. The van der Waals surface area contributed by atoms with Gasteiger partial charge in [0, 0.05) is 11.8 Å². The van der Waals surface area contributed by atoms with Gasteiger partial charge in [-0.25, -0.2) is 9.97 Å². The van der Waals surface area contributed by atoms with Gasteiger partial charge in [0.15, 0.2) is 11.6 Å². The van der Waals surface area contributed by atoms with Crippen molar-refractivity contribution in [1.82, 2.24) is 15.1 Å². The molecule has 2 N–H and O–H groups in total. The molecule has 0 saturated carbocycles. The minimum atomic E-state index is -0.435. The van der Waals surface area contributed by atoms with Crippen LogP contribution < -0.4 is 5.32 Å². The van der Waals surface area contributed by atoms with Crippen LogP contribution in [0.25, 0.3) is 22.4 Å². The van der Waals surface area contributed by atoms with Gasteiger partial charge in [0.2, 0.25) is 0 Å². The molecule has 0 saturated heterocycles. The highest BCUT2D eigenvalue weighted by Gasteiger charge is 2.20. The summed E-state index contributed by atoms with van der Waals surface area (Å²) in [6.07, 6.45) is 1.48. The van der Waals surface area contributed by atoms with Crippen LogP contribution in [0.5, 0.6) is 5.75 Å². The molecule has 4 aromatic rings. The average molecular weight is 346 g/mol. The van der Waals surface area contributed by atoms with E-state index in [1.807, 2.05) is 30.3 Å². The molecule has 0 bridgehead atoms. The van der Waals surface area contributed by atoms with Gasteiger partial charge in [-0.15, -0.1) is 0 Å². The lowest BCUT2D eigenvalue weighted by Crippen LogP contribution is -2.14. The first kappa shape index (κ1) is 15.8. The second-order valence-corrected chi connectivity index (χ2v) is 5.69. The first-order valence-corrected chi connectivity index (χ1v) is 7.91. The summed E-state index contributed by atoms with van der Waals surface area (Å²) in [5.74, 6) is -0.468. The molecule has 0 unspecified atom stereocenters. The van der Waals surface area contributed by atoms with Crippen molar-refractivity contribution < 1.29 is 14.4 Å². The summed E-state index contributed by atoms with van der Waals surface area (Å²) in [6.45, 7) is 1.74. The maximum atomic E-state index is 12.9. The molecule has 0 atom stereocenters. The van der Waals surface area contributed by atoms with Crippen molar-refractivity contribution in [3.05, 3.63) is 66.0 Å². The molecule has 3 heterocycles. The van der Waals surface area contributed by atoms with Crippen molar-refractivity contribution in [1.29, 1.82) is 0 Å². The van der Waals surface area contributed by atoms with Gasteiger partial charge in [-0.2, -0.15) is 0 Å². The van der Waals surface area contributed by atoms with Gasteiger partial charge in [-0.1, -0.05) is 35.5 Å². The third kappa shape index (κ3) is 2.75. The molecule has 0 fully saturated rings. The van der Waals surface area contributed by atoms with Gasteiger partial charge in [-0.05, 0) is 25.1 Å². The molecular formula is C19H14N4O3. The average Bonchev–Trinajstić information content (AvgIpc) is 3.04. The number of hydrogen-bond donors (Lipinski definition) is 2. The molecule has 0 radical (unpaired) electrons. The first-order chi connectivity index (χ1) is 12.6. The molecule has 0 aliphatic carbocycles. The van der Waals surface area contributed by atoms with Gasteiger partial charge >= 0.3 is 0 Å². The number of amides is 1. The van der Waals surface area contributed by atoms with E-state index in [0.717, 1.165) is 5.56 Å². The molecule has 0 aliphatic rings. The van der Waals surface area contributed by atoms with Gasteiger partial charge in [-0.3, -0.25) is 4.79 Å². The first-order valence-electron chi connectivity index (χ1n) is 7.91. The highest BCUT2D eigenvalue weighted by molar-refractivity contribution is 6.13. The summed E-state index contributed by atoms with van der Waals surface area (Å²) in [5.41, 5.74) is 2.61. The number of benzene rings is 1. The Morgan fingerprint density at radius 1 is 1.15 bits per heavy atom. The number of carbonyl (C=O) groups is 1. The molecule has 1 aromatic carbocycles. The van der Waals surface area contributed by atoms with Crippen LogP contribution in [0, 0.1) is 6.92 Å². The Bertz CT molecular complexity index is 1110. The fourth-order valence-electron chi connectivity index (χ4n) is 2.70. The molecule has 0 spiro atoms. The zero-order chi connectivity index (χ0) is 18.1. The van der Waals surface area contributed by atoms with Crippen molar-refractivity contribution in [2.24, 2.45) is 0 Å². The third-order valence-corrected chi connectivity index (χ3v) is 3.95. The molecule has 7 heteroatoms. The second kappa shape index (κ2) is 6.29. The lowest BCUT2D eigenvalue weighted by atomic mass is 10.1. The van der Waals surface area contributed by atoms with Crippen LogP contribution in [0.2, 0.25) is 0 Å². The molecule has 3 aromatic heterocycles. The second-order valence-electron chi connectivity index (χ2n) is 5.69. The predicted octanol–water partition coefficient (Wildman–Crippen LogP) is 3.55. The minimum Gasteiger partial charge on any atom is -0.504 e. The van der Waals surface area contributed by atoms with Crippen LogP contribution >= 0.6 is 0 Å². The number of rotatable bonds is 3. The molecule has 26 heavy (non-hydrogen) atoms. The predicted molar refractivity (Wildman–Crippen MR) is 95.8 cm³/mol. The standard InChI is InChI=1S/C19H14N4O3/c1-11-16-13(18(25)22-17-15(24)8-5-9-20-17)10-14(21-19(16)26-23-11)12-6-3-2-4-7-12/h2-10,24H,1H3,(H,20,22,25). The van der Waals surface area contributed by atoms with Crippen molar-refractivity contribution in [3.8, 4) is 17.0 Å². The number of anilines is 1. The number of nitrogens with zero attached hydrogens (tertiary/aromatic N) is 3. The fraction of sp³-hybridized carbons (Fsp3) is 0.0526. The van der Waals surface area contributed by atoms with Crippen molar-refractivity contribution in [2.45, 2.75) is 6.92 Å². The van der Waals surface area contributed by atoms with E-state index in [4.69, 9.17) is 4.52 Å². The number of hydrogen-bond acceptors (Lipinski definition) is 6. The van der Waals surface area contributed by atoms with Crippen molar-refractivity contribution in [2.75, 3.05) is 5.32 Å². The largest absolute Gasteiger partial charge is 0.504 e. The lowest BCUT2D eigenvalue weighted by molar-refractivity contribution is 0.102. The van der Waals surface area contributed by atoms with E-state index in [1.165, 1.54) is 12.3 Å². The smallest absolute Gasteiger partial charge is 0.259 e. The molecule has 4 rings (SSSR count). The Labute approximate surface area is 148 Å². The summed E-state index contributed by atoms with van der Waals surface area (Å²) < 4.78 is 5.27. The van der Waals surface area contributed by atoms with Crippen LogP contribution in [-0.2, 0) is 0 Å². The minimum absolute atomic E-state index is 0.0813. The normalized spacial score (nSPS) is 10.8. The highest BCUT2D eigenvalue weighted by atomic mass is 16.5. The molecule has 1 amide bonds. The van der Waals surface area contributed by atoms with E-state index in [2.05, 4.69) is 20.4 Å². The number of aromatic nitrogens is 3. The fourth-order valence-corrected chi connectivity index (χ4v) is 2.70. The van der Waals surface area contributed by atoms with Gasteiger partial charge in [0.25, 0.3) is 11.6 Å². The Kier molecular flexibility index (Phi) is 3.81. The number of aromatic hydroxyl groups is 1. The topological polar surface area (TPSA) is 101 Å². The Morgan fingerprint density at radius 2 is 1.96 bits per heavy atom. The maximum absolute atomic E-state index is 12.9. The quantitative estimate of drug-likeness (QED) is 0.588. The van der Waals surface area contributed by atoms with Crippen molar-refractivity contribution >= 4 is 22.8 Å². The van der Waals surface area contributed by atoms with Crippen LogP contribution in [0.3, 0.4) is 0 Å². The van der Waals surface area contributed by atoms with Gasteiger partial charge in [0.05, 0.1) is 22.3 Å². The summed E-state index contributed by atoms with van der Waals surface area (Å²) in [7, 11) is 0. The van der Waals surface area contributed by atoms with E-state index >= 15 is 0 Å². The van der Waals surface area contributed by atoms with E-state index < -0.39 is 5.91 Å². The molecule has 128 valence electrons. The maximum Gasteiger partial charge on any atom is 0.259 e. The SMILES string of the molecule is Cc1noc2nc(-c3ccccc3)cc(C(=O)Nc3ncccc3O)c12. The highest BCUT2D eigenvalue weighted by Crippen LogP contribution is 2.28. The van der Waals surface area contributed by atoms with Gasteiger partial charge < -0.3 is 14.9 Å². The molecule has 0 aliphatic heterocycles. The van der Waals surface area contributed by atoms with Crippen LogP contribution in [0.4, 0.5) is 5.82 Å². The zero-order valence-electron chi connectivity index (χ0n) is 13.8. The monoisotopic (exact) mass is 346 g/mol. The Morgan fingerprint density at radius 3 is 2.73 bits per heavy atom. The summed E-state index contributed by atoms with van der Waals surface area (Å²) >= 11 is 0. The van der Waals surface area contributed by atoms with Crippen molar-refractivity contribution in [3.63, 3.8) is 0 Å². The number of fused-ring (bicyclic) bond motifs is 1. The van der Waals surface area contributed by atoms with Crippen LogP contribution in [-0.4, -0.2) is 26.1 Å². The Balaban J connectivity index is 1.84. The summed E-state index contributed by atoms with van der Waals surface area (Å²) in [5, 5.41) is 16.9. The zero-order valence-corrected chi connectivity index (χ0v) is 13.8. The summed E-state index contributed by atoms with van der Waals surface area (Å²) in [4.78, 5) is 21.3. The van der Waals surface area contributed by atoms with Crippen LogP contribution in [0.1, 0.15) is 16.1 Å². The third-order valence-electron chi connectivity index (χ3n) is 3.95. The van der Waals surface area contributed by atoms with E-state index in [9.17, 15) is 9.90 Å². The number of carbonyl (C=O) groups excluding carboxylic acids is 1. The number of aryl methyl sites for hydroxylation is 1. The Hall–Kier alpha value is -3.74. The summed E-state index contributed by atoms with van der Waals surface area (Å²) in [6, 6.07) is 14.2. The lowest BCUT2D eigenvalue weighted by Gasteiger charge is -2.08. The number of nitrogens with one attached hydrogen (secondary N) is 1. The van der Waals surface area contributed by atoms with Crippen LogP contribution in [0.15, 0.2) is 59.3 Å². The molecule has 7 nitrogen and oxygen atoms in total. The van der Waals surface area contributed by atoms with E-state index in [-0.39, 0.29) is 17.3 Å². The van der Waals surface area contributed by atoms with Gasteiger partial charge in [0.1, 0.15) is 0 Å². The van der Waals surface area contributed by atoms with E-state index in [0.29, 0.717) is 22.3 Å².